The van der Waals surface area contributed by atoms with Gasteiger partial charge in [-0.25, -0.2) is 4.39 Å². The topological polar surface area (TPSA) is 53.0 Å². The maximum Gasteiger partial charge on any atom is 0.223 e. The van der Waals surface area contributed by atoms with Crippen molar-refractivity contribution in [2.45, 2.75) is 45.2 Å². The number of ether oxygens (including phenoxy) is 1. The summed E-state index contributed by atoms with van der Waals surface area (Å²) >= 11 is 1.67. The van der Waals surface area contributed by atoms with E-state index in [1.165, 1.54) is 6.07 Å². The van der Waals surface area contributed by atoms with Crippen LogP contribution in [0.3, 0.4) is 0 Å². The second-order valence-corrected chi connectivity index (χ2v) is 9.94. The summed E-state index contributed by atoms with van der Waals surface area (Å²) in [4.78, 5) is 17.1. The molecule has 0 radical (unpaired) electrons. The Morgan fingerprint density at radius 2 is 2.00 bits per heavy atom. The Hall–Kier alpha value is -2.25. The summed E-state index contributed by atoms with van der Waals surface area (Å²) in [6.45, 7) is 5.02. The Bertz CT molecular complexity index is 934. The average Bonchev–Trinajstić information content (AvgIpc) is 2.84. The Balaban J connectivity index is 1.67. The largest absolute Gasteiger partial charge is 0.504 e. The van der Waals surface area contributed by atoms with E-state index >= 15 is 0 Å². The number of thioether (sulfide) groups is 1. The average molecular weight is 489 g/mol. The lowest BCUT2D eigenvalue weighted by Gasteiger charge is -2.40. The van der Waals surface area contributed by atoms with Crippen molar-refractivity contribution in [3.63, 3.8) is 0 Å². The number of aromatic hydroxyl groups is 1. The van der Waals surface area contributed by atoms with E-state index < -0.39 is 0 Å². The zero-order valence-corrected chi connectivity index (χ0v) is 21.3. The van der Waals surface area contributed by atoms with Gasteiger partial charge in [-0.3, -0.25) is 9.69 Å². The molecule has 1 heterocycles. The molecule has 5 nitrogen and oxygen atoms in total. The van der Waals surface area contributed by atoms with E-state index in [9.17, 15) is 14.3 Å². The van der Waals surface area contributed by atoms with Crippen LogP contribution >= 0.6 is 11.8 Å². The summed E-state index contributed by atoms with van der Waals surface area (Å²) in [6, 6.07) is 12.4. The first-order chi connectivity index (χ1) is 16.4. The van der Waals surface area contributed by atoms with Gasteiger partial charge < -0.3 is 14.7 Å². The number of piperidine rings is 1. The van der Waals surface area contributed by atoms with E-state index in [0.717, 1.165) is 43.8 Å². The maximum absolute atomic E-state index is 14.5. The van der Waals surface area contributed by atoms with Crippen molar-refractivity contribution < 1.29 is 19.0 Å². The number of carbonyl (C=O) groups is 1. The molecule has 1 aliphatic heterocycles. The highest BCUT2D eigenvalue weighted by Crippen LogP contribution is 2.30. The number of likely N-dealkylation sites (N-methyl/N-ethyl adjacent to an activating group) is 1. The minimum absolute atomic E-state index is 0.0216. The number of phenols is 1. The molecule has 3 rings (SSSR count). The quantitative estimate of drug-likeness (QED) is 0.484. The summed E-state index contributed by atoms with van der Waals surface area (Å²) in [5.41, 5.74) is 1.78. The second-order valence-electron chi connectivity index (χ2n) is 8.96. The highest BCUT2D eigenvalue weighted by Gasteiger charge is 2.32. The third-order valence-corrected chi connectivity index (χ3v) is 7.32. The van der Waals surface area contributed by atoms with Crippen molar-refractivity contribution in [3.8, 4) is 11.5 Å². The molecular formula is C27H37FN2O3S. The van der Waals surface area contributed by atoms with E-state index in [1.807, 2.05) is 49.4 Å². The Kier molecular flexibility index (Phi) is 10.1. The predicted molar refractivity (Wildman–Crippen MR) is 137 cm³/mol. The number of hydrogen-bond donors (Lipinski definition) is 1. The van der Waals surface area contributed by atoms with Crippen LogP contribution in [0.15, 0.2) is 42.5 Å². The third kappa shape index (κ3) is 7.12. The van der Waals surface area contributed by atoms with Crippen molar-refractivity contribution >= 4 is 17.7 Å². The van der Waals surface area contributed by atoms with Crippen LogP contribution in [0.5, 0.6) is 11.5 Å². The molecule has 1 fully saturated rings. The van der Waals surface area contributed by atoms with E-state index in [4.69, 9.17) is 4.74 Å². The monoisotopic (exact) mass is 488 g/mol. The molecule has 7 heteroatoms. The molecule has 1 atom stereocenters. The molecule has 2 aromatic carbocycles. The van der Waals surface area contributed by atoms with E-state index in [0.29, 0.717) is 36.7 Å². The molecule has 0 aromatic heterocycles. The highest BCUT2D eigenvalue weighted by molar-refractivity contribution is 7.98. The van der Waals surface area contributed by atoms with Gasteiger partial charge in [0, 0.05) is 31.8 Å². The molecule has 0 spiro atoms. The van der Waals surface area contributed by atoms with Crippen LogP contribution in [0.4, 0.5) is 4.39 Å². The van der Waals surface area contributed by atoms with Gasteiger partial charge in [0.1, 0.15) is 5.82 Å². The van der Waals surface area contributed by atoms with Gasteiger partial charge >= 0.3 is 0 Å². The van der Waals surface area contributed by atoms with Gasteiger partial charge in [0.15, 0.2) is 11.5 Å². The van der Waals surface area contributed by atoms with Gasteiger partial charge in [-0.2, -0.15) is 11.8 Å². The van der Waals surface area contributed by atoms with Crippen LogP contribution in [0, 0.1) is 11.7 Å². The Morgan fingerprint density at radius 3 is 2.68 bits per heavy atom. The molecule has 0 aliphatic carbocycles. The minimum atomic E-state index is -0.202. The van der Waals surface area contributed by atoms with Crippen LogP contribution in [-0.4, -0.2) is 65.6 Å². The number of likely N-dealkylation sites (tertiary alicyclic amines) is 1. The van der Waals surface area contributed by atoms with Crippen molar-refractivity contribution in [1.82, 2.24) is 9.80 Å². The smallest absolute Gasteiger partial charge is 0.223 e. The number of amides is 1. The zero-order chi connectivity index (χ0) is 24.5. The number of carbonyl (C=O) groups excluding carboxylic acids is 1. The van der Waals surface area contributed by atoms with Crippen molar-refractivity contribution in [1.29, 1.82) is 0 Å². The lowest BCUT2D eigenvalue weighted by molar-refractivity contribution is -0.133. The van der Waals surface area contributed by atoms with Gasteiger partial charge in [-0.05, 0) is 80.8 Å². The first-order valence-corrected chi connectivity index (χ1v) is 13.5. The maximum atomic E-state index is 14.5. The predicted octanol–water partition coefficient (Wildman–Crippen LogP) is 4.96. The number of hydrogen-bond acceptors (Lipinski definition) is 5. The standard InChI is InChI=1S/C27H37FN2O3S/c1-4-33-26-17-20(9-10-25(26)31)19-30-14-11-21(12-15-30)24(29(2)27(32)13-16-34-3)18-22-7-5-6-8-23(22)28/h5-10,17,21,24,31H,4,11-16,18-19H2,1-3H3/t24-/m0/s1. The summed E-state index contributed by atoms with van der Waals surface area (Å²) in [5, 5.41) is 9.96. The molecule has 1 amide bonds. The number of halogens is 1. The zero-order valence-electron chi connectivity index (χ0n) is 20.5. The van der Waals surface area contributed by atoms with Gasteiger partial charge in [0.05, 0.1) is 6.61 Å². The van der Waals surface area contributed by atoms with Crippen molar-refractivity contribution in [3.05, 3.63) is 59.4 Å². The molecule has 1 saturated heterocycles. The molecule has 186 valence electrons. The van der Waals surface area contributed by atoms with Gasteiger partial charge in [0.25, 0.3) is 0 Å². The number of phenolic OH excluding ortho intramolecular Hbond substituents is 1. The van der Waals surface area contributed by atoms with E-state index in [2.05, 4.69) is 4.90 Å². The van der Waals surface area contributed by atoms with Crippen LogP contribution < -0.4 is 4.74 Å². The number of rotatable bonds is 11. The fraction of sp³-hybridized carbons (Fsp3) is 0.519. The summed E-state index contributed by atoms with van der Waals surface area (Å²) < 4.78 is 20.0. The normalized spacial score (nSPS) is 15.8. The van der Waals surface area contributed by atoms with Gasteiger partial charge in [-0.1, -0.05) is 24.3 Å². The fourth-order valence-corrected chi connectivity index (χ4v) is 5.12. The first-order valence-electron chi connectivity index (χ1n) is 12.1. The summed E-state index contributed by atoms with van der Waals surface area (Å²) in [5.74, 6) is 1.72. The fourth-order valence-electron chi connectivity index (χ4n) is 4.74. The Labute approximate surface area is 207 Å². The van der Waals surface area contributed by atoms with Crippen LogP contribution in [0.1, 0.15) is 37.3 Å². The third-order valence-electron chi connectivity index (χ3n) is 6.70. The lowest BCUT2D eigenvalue weighted by atomic mass is 9.84. The van der Waals surface area contributed by atoms with Crippen LogP contribution in [-0.2, 0) is 17.8 Å². The Morgan fingerprint density at radius 1 is 1.26 bits per heavy atom. The number of nitrogens with zero attached hydrogens (tertiary/aromatic N) is 2. The van der Waals surface area contributed by atoms with Gasteiger partial charge in [-0.15, -0.1) is 0 Å². The first kappa shape index (κ1) is 26.4. The van der Waals surface area contributed by atoms with Crippen molar-refractivity contribution in [2.75, 3.05) is 38.8 Å². The summed E-state index contributed by atoms with van der Waals surface area (Å²) in [6.07, 6.45) is 4.96. The van der Waals surface area contributed by atoms with Crippen molar-refractivity contribution in [2.24, 2.45) is 5.92 Å². The lowest BCUT2D eigenvalue weighted by Crippen LogP contribution is -2.47. The molecule has 2 aromatic rings. The van der Waals surface area contributed by atoms with Gasteiger partial charge in [0.2, 0.25) is 5.91 Å². The SMILES string of the molecule is CCOc1cc(CN2CCC([C@H](Cc3ccccc3F)N(C)C(=O)CCSC)CC2)ccc1O. The minimum Gasteiger partial charge on any atom is -0.504 e. The molecule has 1 aliphatic rings. The second kappa shape index (κ2) is 13.0. The molecule has 0 saturated carbocycles. The molecule has 1 N–H and O–H groups in total. The van der Waals surface area contributed by atoms with E-state index in [1.54, 1.807) is 23.9 Å². The molecule has 34 heavy (non-hydrogen) atoms. The highest BCUT2D eigenvalue weighted by atomic mass is 32.2. The molecular weight excluding hydrogens is 451 g/mol. The van der Waals surface area contributed by atoms with Crippen LogP contribution in [0.2, 0.25) is 0 Å². The van der Waals surface area contributed by atoms with Crippen LogP contribution in [0.25, 0.3) is 0 Å². The molecule has 0 unspecified atom stereocenters. The molecule has 0 bridgehead atoms. The summed E-state index contributed by atoms with van der Waals surface area (Å²) in [7, 11) is 1.88. The number of benzene rings is 2. The van der Waals surface area contributed by atoms with E-state index in [-0.39, 0.29) is 23.5 Å².